The lowest BCUT2D eigenvalue weighted by Crippen LogP contribution is -2.13. The maximum absolute atomic E-state index is 11.5. The van der Waals surface area contributed by atoms with Gasteiger partial charge in [0.2, 0.25) is 0 Å². The lowest BCUT2D eigenvalue weighted by molar-refractivity contribution is -0.134. The van der Waals surface area contributed by atoms with E-state index in [0.29, 0.717) is 18.1 Å². The van der Waals surface area contributed by atoms with E-state index in [9.17, 15) is 4.79 Å². The highest BCUT2D eigenvalue weighted by atomic mass is 16.5. The van der Waals surface area contributed by atoms with Crippen LogP contribution in [0.25, 0.3) is 10.8 Å². The molecule has 0 N–H and O–H groups in total. The normalized spacial score (nSPS) is 19.9. The van der Waals surface area contributed by atoms with Crippen molar-refractivity contribution in [2.75, 3.05) is 0 Å². The number of esters is 1. The van der Waals surface area contributed by atoms with Crippen molar-refractivity contribution in [1.82, 2.24) is 0 Å². The zero-order valence-corrected chi connectivity index (χ0v) is 17.0. The number of fused-ring (bicyclic) bond motifs is 1. The summed E-state index contributed by atoms with van der Waals surface area (Å²) < 4.78 is 5.34. The molecule has 0 heterocycles. The van der Waals surface area contributed by atoms with Gasteiger partial charge in [0.25, 0.3) is 0 Å². The quantitative estimate of drug-likeness (QED) is 0.276. The minimum Gasteiger partial charge on any atom is -0.427 e. The fourth-order valence-electron chi connectivity index (χ4n) is 4.41. The largest absolute Gasteiger partial charge is 0.427 e. The van der Waals surface area contributed by atoms with Crippen LogP contribution in [0.5, 0.6) is 5.75 Å². The van der Waals surface area contributed by atoms with Crippen molar-refractivity contribution in [3.05, 3.63) is 42.0 Å². The summed E-state index contributed by atoms with van der Waals surface area (Å²) in [5.74, 6) is 2.12. The van der Waals surface area contributed by atoms with Gasteiger partial charge in [-0.05, 0) is 66.0 Å². The van der Waals surface area contributed by atoms with E-state index in [2.05, 4.69) is 31.2 Å². The Hall–Kier alpha value is -1.83. The average Bonchev–Trinajstić information content (AvgIpc) is 2.71. The molecule has 0 bridgehead atoms. The van der Waals surface area contributed by atoms with Gasteiger partial charge in [-0.2, -0.15) is 0 Å². The monoisotopic (exact) mass is 366 g/mol. The molecular formula is C25H34O2. The molecule has 1 aliphatic rings. The molecule has 0 radical (unpaired) electrons. The molecule has 2 heteroatoms. The van der Waals surface area contributed by atoms with E-state index in [1.54, 1.807) is 0 Å². The van der Waals surface area contributed by atoms with Crippen LogP contribution in [-0.4, -0.2) is 5.97 Å². The van der Waals surface area contributed by atoms with Gasteiger partial charge in [-0.25, -0.2) is 0 Å². The van der Waals surface area contributed by atoms with Crippen LogP contribution in [0, 0.1) is 5.92 Å². The van der Waals surface area contributed by atoms with Gasteiger partial charge in [0.05, 0.1) is 0 Å². The molecule has 146 valence electrons. The van der Waals surface area contributed by atoms with Crippen LogP contribution in [-0.2, 0) is 4.79 Å². The molecule has 0 spiro atoms. The van der Waals surface area contributed by atoms with Crippen LogP contribution < -0.4 is 4.74 Å². The number of ether oxygens (including phenoxy) is 1. The summed E-state index contributed by atoms with van der Waals surface area (Å²) in [6, 6.07) is 12.8. The number of hydrogen-bond acceptors (Lipinski definition) is 2. The maximum Gasteiger partial charge on any atom is 0.310 e. The van der Waals surface area contributed by atoms with Crippen molar-refractivity contribution in [2.24, 2.45) is 5.92 Å². The first-order chi connectivity index (χ1) is 13.2. The highest BCUT2D eigenvalue weighted by Crippen LogP contribution is 2.38. The molecule has 0 saturated heterocycles. The molecule has 0 aromatic heterocycles. The first-order valence-electron chi connectivity index (χ1n) is 10.9. The van der Waals surface area contributed by atoms with Gasteiger partial charge in [-0.3, -0.25) is 4.79 Å². The number of hydrogen-bond donors (Lipinski definition) is 0. The van der Waals surface area contributed by atoms with Crippen LogP contribution in [0.1, 0.15) is 89.5 Å². The summed E-state index contributed by atoms with van der Waals surface area (Å²) in [4.78, 5) is 11.5. The fourth-order valence-corrected chi connectivity index (χ4v) is 4.41. The molecule has 2 aromatic rings. The molecule has 0 unspecified atom stereocenters. The Morgan fingerprint density at radius 1 is 0.926 bits per heavy atom. The number of benzene rings is 2. The van der Waals surface area contributed by atoms with Gasteiger partial charge < -0.3 is 4.74 Å². The molecule has 1 fully saturated rings. The van der Waals surface area contributed by atoms with Gasteiger partial charge in [0.1, 0.15) is 5.75 Å². The molecular weight excluding hydrogens is 332 g/mol. The van der Waals surface area contributed by atoms with Crippen molar-refractivity contribution in [2.45, 2.75) is 84.0 Å². The van der Waals surface area contributed by atoms with Gasteiger partial charge in [-0.1, -0.05) is 70.2 Å². The average molecular weight is 367 g/mol. The van der Waals surface area contributed by atoms with E-state index >= 15 is 0 Å². The Labute approximate surface area is 164 Å². The SMILES string of the molecule is CCCCCC[C@H]1CC[C@H](c2ccc3cc(OC(=O)CC)ccc3c2)CC1. The van der Waals surface area contributed by atoms with Crippen LogP contribution in [0.4, 0.5) is 0 Å². The van der Waals surface area contributed by atoms with E-state index in [4.69, 9.17) is 4.74 Å². The summed E-state index contributed by atoms with van der Waals surface area (Å²) in [6.07, 6.45) is 12.8. The predicted octanol–water partition coefficient (Wildman–Crippen LogP) is 7.40. The predicted molar refractivity (Wildman–Crippen MR) is 113 cm³/mol. The number of unbranched alkanes of at least 4 members (excludes halogenated alkanes) is 3. The second-order valence-electron chi connectivity index (χ2n) is 8.16. The van der Waals surface area contributed by atoms with E-state index in [0.717, 1.165) is 11.3 Å². The van der Waals surface area contributed by atoms with Crippen molar-refractivity contribution < 1.29 is 9.53 Å². The molecule has 0 amide bonds. The standard InChI is InChI=1S/C25H34O2/c1-3-5-6-7-8-19-9-11-20(12-10-19)21-13-14-23-18-24(27-25(26)4-2)16-15-22(23)17-21/h13-20H,3-12H2,1-2H3/t19-,20-. The minimum absolute atomic E-state index is 0.183. The smallest absolute Gasteiger partial charge is 0.310 e. The van der Waals surface area contributed by atoms with Gasteiger partial charge in [-0.15, -0.1) is 0 Å². The number of rotatable bonds is 8. The zero-order valence-electron chi connectivity index (χ0n) is 17.0. The van der Waals surface area contributed by atoms with Crippen LogP contribution in [0.15, 0.2) is 36.4 Å². The highest BCUT2D eigenvalue weighted by Gasteiger charge is 2.22. The van der Waals surface area contributed by atoms with Crippen molar-refractivity contribution in [3.63, 3.8) is 0 Å². The first kappa shape index (κ1) is 19.9. The van der Waals surface area contributed by atoms with Crippen molar-refractivity contribution in [1.29, 1.82) is 0 Å². The lowest BCUT2D eigenvalue weighted by Gasteiger charge is -2.29. The summed E-state index contributed by atoms with van der Waals surface area (Å²) in [6.45, 7) is 4.10. The molecule has 3 rings (SSSR count). The highest BCUT2D eigenvalue weighted by molar-refractivity contribution is 5.85. The topological polar surface area (TPSA) is 26.3 Å². The summed E-state index contributed by atoms with van der Waals surface area (Å²) in [7, 11) is 0. The molecule has 1 saturated carbocycles. The van der Waals surface area contributed by atoms with E-state index in [1.807, 2.05) is 19.1 Å². The molecule has 2 aromatic carbocycles. The Kier molecular flexibility index (Phi) is 7.32. The zero-order chi connectivity index (χ0) is 19.1. The third kappa shape index (κ3) is 5.57. The van der Waals surface area contributed by atoms with Crippen molar-refractivity contribution in [3.8, 4) is 5.75 Å². The third-order valence-electron chi connectivity index (χ3n) is 6.14. The van der Waals surface area contributed by atoms with Crippen LogP contribution >= 0.6 is 0 Å². The lowest BCUT2D eigenvalue weighted by atomic mass is 9.77. The summed E-state index contributed by atoms with van der Waals surface area (Å²) in [5.41, 5.74) is 1.48. The van der Waals surface area contributed by atoms with Gasteiger partial charge in [0, 0.05) is 6.42 Å². The van der Waals surface area contributed by atoms with Crippen LogP contribution in [0.3, 0.4) is 0 Å². The second kappa shape index (κ2) is 9.92. The molecule has 2 nitrogen and oxygen atoms in total. The third-order valence-corrected chi connectivity index (χ3v) is 6.14. The molecule has 1 aliphatic carbocycles. The summed E-state index contributed by atoms with van der Waals surface area (Å²) in [5, 5.41) is 2.38. The molecule has 0 atom stereocenters. The second-order valence-corrected chi connectivity index (χ2v) is 8.16. The Bertz CT molecular complexity index is 741. The first-order valence-corrected chi connectivity index (χ1v) is 10.9. The molecule has 0 aliphatic heterocycles. The summed E-state index contributed by atoms with van der Waals surface area (Å²) >= 11 is 0. The van der Waals surface area contributed by atoms with E-state index in [1.165, 1.54) is 68.7 Å². The van der Waals surface area contributed by atoms with Crippen LogP contribution in [0.2, 0.25) is 0 Å². The fraction of sp³-hybridized carbons (Fsp3) is 0.560. The maximum atomic E-state index is 11.5. The minimum atomic E-state index is -0.183. The number of carbonyl (C=O) groups is 1. The van der Waals surface area contributed by atoms with Gasteiger partial charge >= 0.3 is 5.97 Å². The Morgan fingerprint density at radius 3 is 2.41 bits per heavy atom. The van der Waals surface area contributed by atoms with E-state index < -0.39 is 0 Å². The van der Waals surface area contributed by atoms with Crippen molar-refractivity contribution >= 4 is 16.7 Å². The van der Waals surface area contributed by atoms with Gasteiger partial charge in [0.15, 0.2) is 0 Å². The Balaban J connectivity index is 1.58. The Morgan fingerprint density at radius 2 is 1.67 bits per heavy atom. The number of carbonyl (C=O) groups excluding carboxylic acids is 1. The van der Waals surface area contributed by atoms with E-state index in [-0.39, 0.29) is 5.97 Å². The molecule has 27 heavy (non-hydrogen) atoms.